The molecule has 0 aromatic carbocycles. The topological polar surface area (TPSA) is 106 Å². The Morgan fingerprint density at radius 2 is 2.10 bits per heavy atom. The molecule has 0 spiro atoms. The summed E-state index contributed by atoms with van der Waals surface area (Å²) < 4.78 is 0. The number of nitrogen functional groups attached to an aromatic ring is 1. The maximum absolute atomic E-state index is 12.1. The van der Waals surface area contributed by atoms with E-state index in [1.807, 2.05) is 13.8 Å². The summed E-state index contributed by atoms with van der Waals surface area (Å²) in [4.78, 5) is 24.2. The molecular weight excluding hydrogens is 292 g/mol. The van der Waals surface area contributed by atoms with Crippen molar-refractivity contribution in [3.8, 4) is 0 Å². The average molecular weight is 307 g/mol. The van der Waals surface area contributed by atoms with E-state index >= 15 is 0 Å². The van der Waals surface area contributed by atoms with Crippen LogP contribution in [0, 0.1) is 0 Å². The van der Waals surface area contributed by atoms with Gasteiger partial charge in [-0.3, -0.25) is 4.79 Å². The van der Waals surface area contributed by atoms with Crippen molar-refractivity contribution in [3.05, 3.63) is 35.2 Å². The van der Waals surface area contributed by atoms with E-state index in [0.717, 1.165) is 0 Å². The van der Waals surface area contributed by atoms with E-state index < -0.39 is 5.91 Å². The predicted molar refractivity (Wildman–Crippen MR) is 82.4 cm³/mol. The molecule has 0 fully saturated rings. The molecule has 1 amide bonds. The van der Waals surface area contributed by atoms with Gasteiger partial charge in [-0.1, -0.05) is 17.7 Å². The quantitative estimate of drug-likeness (QED) is 0.799. The van der Waals surface area contributed by atoms with Crippen LogP contribution in [0.15, 0.2) is 24.4 Å². The molecule has 0 aliphatic carbocycles. The fourth-order valence-corrected chi connectivity index (χ4v) is 1.75. The molecule has 0 bridgehead atoms. The van der Waals surface area contributed by atoms with Crippen LogP contribution >= 0.6 is 11.6 Å². The van der Waals surface area contributed by atoms with E-state index in [4.69, 9.17) is 17.3 Å². The number of rotatable bonds is 4. The fourth-order valence-electron chi connectivity index (χ4n) is 1.57. The minimum atomic E-state index is -0.517. The molecule has 0 aliphatic heterocycles. The first kappa shape index (κ1) is 15.0. The number of carbonyl (C=O) groups excluding carboxylic acids is 1. The van der Waals surface area contributed by atoms with Crippen molar-refractivity contribution < 1.29 is 4.79 Å². The molecule has 0 saturated carbocycles. The first-order chi connectivity index (χ1) is 9.97. The van der Waals surface area contributed by atoms with Crippen LogP contribution in [0.4, 0.5) is 17.5 Å². The lowest BCUT2D eigenvalue weighted by Crippen LogP contribution is -2.19. The van der Waals surface area contributed by atoms with Gasteiger partial charge < -0.3 is 16.4 Å². The van der Waals surface area contributed by atoms with Crippen LogP contribution in [-0.2, 0) is 0 Å². The van der Waals surface area contributed by atoms with Gasteiger partial charge in [0.25, 0.3) is 5.91 Å². The molecule has 2 aromatic heterocycles. The summed E-state index contributed by atoms with van der Waals surface area (Å²) in [6, 6.07) is 5.26. The summed E-state index contributed by atoms with van der Waals surface area (Å²) in [6.07, 6.45) is 1.56. The lowest BCUT2D eigenvalue weighted by molar-refractivity contribution is 0.102. The first-order valence-electron chi connectivity index (χ1n) is 6.29. The highest BCUT2D eigenvalue weighted by molar-refractivity contribution is 6.32. The van der Waals surface area contributed by atoms with E-state index in [1.165, 1.54) is 0 Å². The van der Waals surface area contributed by atoms with Crippen molar-refractivity contribution in [1.29, 1.82) is 0 Å². The van der Waals surface area contributed by atoms with Gasteiger partial charge in [0.2, 0.25) is 0 Å². The molecule has 4 N–H and O–H groups in total. The van der Waals surface area contributed by atoms with E-state index in [9.17, 15) is 4.79 Å². The summed E-state index contributed by atoms with van der Waals surface area (Å²) >= 11 is 6.01. The molecule has 110 valence electrons. The molecule has 0 radical (unpaired) electrons. The summed E-state index contributed by atoms with van der Waals surface area (Å²) in [5.41, 5.74) is 5.73. The van der Waals surface area contributed by atoms with Crippen LogP contribution in [0.1, 0.15) is 24.3 Å². The van der Waals surface area contributed by atoms with Crippen LogP contribution in [0.5, 0.6) is 0 Å². The highest BCUT2D eigenvalue weighted by atomic mass is 35.5. The van der Waals surface area contributed by atoms with Crippen LogP contribution in [0.2, 0.25) is 5.15 Å². The zero-order valence-corrected chi connectivity index (χ0v) is 12.3. The third-order valence-electron chi connectivity index (χ3n) is 2.43. The number of anilines is 3. The molecule has 0 saturated heterocycles. The molecule has 0 atom stereocenters. The maximum Gasteiger partial charge on any atom is 0.279 e. The first-order valence-corrected chi connectivity index (χ1v) is 6.67. The minimum Gasteiger partial charge on any atom is -0.382 e. The van der Waals surface area contributed by atoms with Crippen LogP contribution < -0.4 is 16.4 Å². The molecule has 2 rings (SSSR count). The Labute approximate surface area is 127 Å². The standard InChI is InChI=1S/C13H15ClN6O/c1-7(2)17-12-10(14)19-9(11(15)20-12)13(21)18-8-5-3-4-6-16-8/h3-7H,1-2H3,(H3,15,17,20)(H,16,18,21). The number of aromatic nitrogens is 3. The van der Waals surface area contributed by atoms with Gasteiger partial charge >= 0.3 is 0 Å². The van der Waals surface area contributed by atoms with E-state index in [0.29, 0.717) is 11.6 Å². The summed E-state index contributed by atoms with van der Waals surface area (Å²) in [6.45, 7) is 3.85. The Morgan fingerprint density at radius 1 is 1.33 bits per heavy atom. The fraction of sp³-hybridized carbons (Fsp3) is 0.231. The number of hydrogen-bond acceptors (Lipinski definition) is 6. The number of nitrogens with zero attached hydrogens (tertiary/aromatic N) is 3. The van der Waals surface area contributed by atoms with Crippen LogP contribution in [0.25, 0.3) is 0 Å². The zero-order valence-electron chi connectivity index (χ0n) is 11.6. The predicted octanol–water partition coefficient (Wildman–Crippen LogP) is 2.18. The Balaban J connectivity index is 2.24. The van der Waals surface area contributed by atoms with Crippen molar-refractivity contribution in [2.24, 2.45) is 0 Å². The molecule has 2 heterocycles. The third-order valence-corrected chi connectivity index (χ3v) is 2.69. The highest BCUT2D eigenvalue weighted by Crippen LogP contribution is 2.21. The SMILES string of the molecule is CC(C)Nc1nc(N)c(C(=O)Nc2ccccn2)nc1Cl. The van der Waals surface area contributed by atoms with Crippen molar-refractivity contribution >= 4 is 35.0 Å². The second-order valence-corrected chi connectivity index (χ2v) is 4.92. The summed E-state index contributed by atoms with van der Waals surface area (Å²) in [5, 5.41) is 5.66. The van der Waals surface area contributed by atoms with Gasteiger partial charge in [-0.05, 0) is 26.0 Å². The maximum atomic E-state index is 12.1. The molecule has 21 heavy (non-hydrogen) atoms. The van der Waals surface area contributed by atoms with E-state index in [-0.39, 0.29) is 22.7 Å². The lowest BCUT2D eigenvalue weighted by Gasteiger charge is -2.12. The van der Waals surface area contributed by atoms with Gasteiger partial charge in [0.1, 0.15) is 5.82 Å². The lowest BCUT2D eigenvalue weighted by atomic mass is 10.3. The second-order valence-electron chi connectivity index (χ2n) is 4.57. The monoisotopic (exact) mass is 306 g/mol. The summed E-state index contributed by atoms with van der Waals surface area (Å²) in [7, 11) is 0. The van der Waals surface area contributed by atoms with Crippen molar-refractivity contribution in [2.45, 2.75) is 19.9 Å². The largest absolute Gasteiger partial charge is 0.382 e. The molecule has 7 nitrogen and oxygen atoms in total. The molecular formula is C13H15ClN6O. The number of amides is 1. The Bertz CT molecular complexity index is 647. The number of halogens is 1. The molecule has 8 heteroatoms. The van der Waals surface area contributed by atoms with Gasteiger partial charge in [-0.25, -0.2) is 15.0 Å². The number of nitrogens with two attached hydrogens (primary N) is 1. The average Bonchev–Trinajstić information content (AvgIpc) is 2.43. The molecule has 0 unspecified atom stereocenters. The highest BCUT2D eigenvalue weighted by Gasteiger charge is 2.17. The Morgan fingerprint density at radius 3 is 2.71 bits per heavy atom. The van der Waals surface area contributed by atoms with Gasteiger partial charge in [0.05, 0.1) is 0 Å². The van der Waals surface area contributed by atoms with Gasteiger partial charge in [0.15, 0.2) is 22.5 Å². The Hall–Kier alpha value is -2.41. The van der Waals surface area contributed by atoms with E-state index in [1.54, 1.807) is 24.4 Å². The van der Waals surface area contributed by atoms with E-state index in [2.05, 4.69) is 25.6 Å². The number of nitrogens with one attached hydrogen (secondary N) is 2. The second kappa shape index (κ2) is 6.36. The van der Waals surface area contributed by atoms with Crippen molar-refractivity contribution in [1.82, 2.24) is 15.0 Å². The molecule has 0 aliphatic rings. The smallest absolute Gasteiger partial charge is 0.279 e. The third kappa shape index (κ3) is 3.79. The van der Waals surface area contributed by atoms with Crippen molar-refractivity contribution in [3.63, 3.8) is 0 Å². The normalized spacial score (nSPS) is 10.5. The van der Waals surface area contributed by atoms with Gasteiger partial charge in [-0.15, -0.1) is 0 Å². The number of carbonyl (C=O) groups is 1. The molecule has 2 aromatic rings. The van der Waals surface area contributed by atoms with Gasteiger partial charge in [0, 0.05) is 12.2 Å². The number of pyridine rings is 1. The minimum absolute atomic E-state index is 0.00372. The van der Waals surface area contributed by atoms with Crippen LogP contribution in [-0.4, -0.2) is 26.9 Å². The zero-order chi connectivity index (χ0) is 15.4. The van der Waals surface area contributed by atoms with Crippen LogP contribution in [0.3, 0.4) is 0 Å². The number of hydrogen-bond donors (Lipinski definition) is 3. The van der Waals surface area contributed by atoms with Crippen molar-refractivity contribution in [2.75, 3.05) is 16.4 Å². The van der Waals surface area contributed by atoms with Gasteiger partial charge in [-0.2, -0.15) is 0 Å². The Kier molecular flexibility index (Phi) is 4.54. The summed E-state index contributed by atoms with van der Waals surface area (Å²) in [5.74, 6) is 0.218.